The molecule has 1 heterocycles. The van der Waals surface area contributed by atoms with Gasteiger partial charge in [-0.3, -0.25) is 4.79 Å². The number of nitrogens with one attached hydrogen (secondary N) is 1. The molecule has 1 N–H and O–H groups in total. The number of pyridine rings is 1. The fourth-order valence-electron chi connectivity index (χ4n) is 3.60. The molecule has 0 radical (unpaired) electrons. The Bertz CT molecular complexity index is 1420. The standard InChI is InChI=1S/C29H25FN2O5/c1-2-3-16-36-28(34)20-10-14-22(15-11-20)31-27(33)18-37-29(35)24-17-26(19-8-12-21(30)13-9-19)32-25-7-5-4-6-23(24)25/h4-15,17H,2-3,16,18H2,1H3,(H,31,33). The number of halogens is 1. The molecule has 8 heteroatoms. The van der Waals surface area contributed by atoms with Crippen LogP contribution in [0.25, 0.3) is 22.2 Å². The van der Waals surface area contributed by atoms with Crippen LogP contribution in [0.2, 0.25) is 0 Å². The summed E-state index contributed by atoms with van der Waals surface area (Å²) in [6.07, 6.45) is 1.72. The van der Waals surface area contributed by atoms with E-state index in [1.165, 1.54) is 12.1 Å². The fraction of sp³-hybridized carbons (Fsp3) is 0.172. The lowest BCUT2D eigenvalue weighted by Gasteiger charge is -2.11. The number of aromatic nitrogens is 1. The summed E-state index contributed by atoms with van der Waals surface area (Å²) in [5.74, 6) is -2.03. The summed E-state index contributed by atoms with van der Waals surface area (Å²) in [5, 5.41) is 3.20. The second-order valence-electron chi connectivity index (χ2n) is 8.27. The number of carbonyl (C=O) groups excluding carboxylic acids is 3. The lowest BCUT2D eigenvalue weighted by Crippen LogP contribution is -2.21. The minimum absolute atomic E-state index is 0.240. The number of rotatable bonds is 9. The molecule has 0 aliphatic carbocycles. The molecule has 0 saturated carbocycles. The molecule has 37 heavy (non-hydrogen) atoms. The number of amides is 1. The fourth-order valence-corrected chi connectivity index (χ4v) is 3.60. The highest BCUT2D eigenvalue weighted by molar-refractivity contribution is 6.05. The molecule has 0 aliphatic heterocycles. The molecule has 1 aromatic heterocycles. The van der Waals surface area contributed by atoms with Gasteiger partial charge < -0.3 is 14.8 Å². The van der Waals surface area contributed by atoms with Gasteiger partial charge in [-0.1, -0.05) is 31.5 Å². The van der Waals surface area contributed by atoms with Gasteiger partial charge in [-0.2, -0.15) is 0 Å². The van der Waals surface area contributed by atoms with Gasteiger partial charge in [0.1, 0.15) is 5.82 Å². The first-order chi connectivity index (χ1) is 17.9. The number of benzene rings is 3. The van der Waals surface area contributed by atoms with E-state index in [1.807, 2.05) is 6.92 Å². The number of nitrogens with zero attached hydrogens (tertiary/aromatic N) is 1. The zero-order valence-corrected chi connectivity index (χ0v) is 20.2. The van der Waals surface area contributed by atoms with Gasteiger partial charge in [0.25, 0.3) is 5.91 Å². The van der Waals surface area contributed by atoms with E-state index in [-0.39, 0.29) is 11.4 Å². The van der Waals surface area contributed by atoms with Gasteiger partial charge in [-0.15, -0.1) is 0 Å². The van der Waals surface area contributed by atoms with Crippen LogP contribution in [0.1, 0.15) is 40.5 Å². The molecule has 7 nitrogen and oxygen atoms in total. The Balaban J connectivity index is 1.42. The summed E-state index contributed by atoms with van der Waals surface area (Å²) in [4.78, 5) is 41.9. The first-order valence-corrected chi connectivity index (χ1v) is 11.8. The number of anilines is 1. The smallest absolute Gasteiger partial charge is 0.339 e. The Labute approximate surface area is 213 Å². The topological polar surface area (TPSA) is 94.6 Å². The van der Waals surface area contributed by atoms with E-state index < -0.39 is 24.5 Å². The second kappa shape index (κ2) is 11.9. The van der Waals surface area contributed by atoms with Crippen molar-refractivity contribution in [3.05, 3.63) is 95.8 Å². The number of unbranched alkanes of at least 4 members (excludes halogenated alkanes) is 1. The Kier molecular flexibility index (Phi) is 8.20. The molecule has 0 aliphatic rings. The van der Waals surface area contributed by atoms with Crippen molar-refractivity contribution >= 4 is 34.4 Å². The number of esters is 2. The molecule has 0 fully saturated rings. The zero-order chi connectivity index (χ0) is 26.2. The van der Waals surface area contributed by atoms with Crippen molar-refractivity contribution < 1.29 is 28.2 Å². The Hall–Kier alpha value is -4.59. The molecule has 1 amide bonds. The number of ether oxygens (including phenoxy) is 2. The van der Waals surface area contributed by atoms with Crippen molar-refractivity contribution in [1.82, 2.24) is 4.98 Å². The monoisotopic (exact) mass is 500 g/mol. The average Bonchev–Trinajstić information content (AvgIpc) is 2.92. The maximum Gasteiger partial charge on any atom is 0.339 e. The maximum atomic E-state index is 13.4. The molecule has 0 atom stereocenters. The first kappa shape index (κ1) is 25.5. The van der Waals surface area contributed by atoms with Crippen LogP contribution in [0, 0.1) is 5.82 Å². The van der Waals surface area contributed by atoms with Crippen molar-refractivity contribution in [2.24, 2.45) is 0 Å². The van der Waals surface area contributed by atoms with Crippen molar-refractivity contribution in [2.45, 2.75) is 19.8 Å². The van der Waals surface area contributed by atoms with E-state index in [4.69, 9.17) is 9.47 Å². The second-order valence-corrected chi connectivity index (χ2v) is 8.27. The molecule has 0 unspecified atom stereocenters. The van der Waals surface area contributed by atoms with Crippen LogP contribution in [0.3, 0.4) is 0 Å². The van der Waals surface area contributed by atoms with Gasteiger partial charge in [-0.25, -0.2) is 19.0 Å². The number of carbonyl (C=O) groups is 3. The molecular weight excluding hydrogens is 475 g/mol. The van der Waals surface area contributed by atoms with E-state index in [9.17, 15) is 18.8 Å². The van der Waals surface area contributed by atoms with Crippen molar-refractivity contribution in [3.8, 4) is 11.3 Å². The maximum absolute atomic E-state index is 13.4. The molecule has 0 bridgehead atoms. The van der Waals surface area contributed by atoms with Crippen LogP contribution in [-0.4, -0.2) is 36.0 Å². The van der Waals surface area contributed by atoms with Crippen LogP contribution >= 0.6 is 0 Å². The number of hydrogen-bond acceptors (Lipinski definition) is 6. The van der Waals surface area contributed by atoms with Crippen molar-refractivity contribution in [1.29, 1.82) is 0 Å². The third-order valence-corrected chi connectivity index (χ3v) is 5.55. The van der Waals surface area contributed by atoms with Gasteiger partial charge in [0.2, 0.25) is 0 Å². The third-order valence-electron chi connectivity index (χ3n) is 5.55. The predicted molar refractivity (Wildman–Crippen MR) is 138 cm³/mol. The SMILES string of the molecule is CCCCOC(=O)c1ccc(NC(=O)COC(=O)c2cc(-c3ccc(F)cc3)nc3ccccc23)cc1. The molecular formula is C29H25FN2O5. The Morgan fingerprint density at radius 2 is 1.62 bits per heavy atom. The lowest BCUT2D eigenvalue weighted by molar-refractivity contribution is -0.119. The number of hydrogen-bond donors (Lipinski definition) is 1. The molecule has 3 aromatic carbocycles. The van der Waals surface area contributed by atoms with Gasteiger partial charge >= 0.3 is 11.9 Å². The minimum Gasteiger partial charge on any atom is -0.462 e. The average molecular weight is 501 g/mol. The van der Waals surface area contributed by atoms with Gasteiger partial charge in [0.05, 0.1) is 28.9 Å². The highest BCUT2D eigenvalue weighted by atomic mass is 19.1. The van der Waals surface area contributed by atoms with E-state index >= 15 is 0 Å². The zero-order valence-electron chi connectivity index (χ0n) is 20.2. The molecule has 4 rings (SSSR count). The number of para-hydroxylation sites is 1. The van der Waals surface area contributed by atoms with Gasteiger partial charge in [0, 0.05) is 16.6 Å². The highest BCUT2D eigenvalue weighted by Gasteiger charge is 2.17. The van der Waals surface area contributed by atoms with Gasteiger partial charge in [0.15, 0.2) is 6.61 Å². The van der Waals surface area contributed by atoms with E-state index in [1.54, 1.807) is 66.7 Å². The summed E-state index contributed by atoms with van der Waals surface area (Å²) in [6.45, 7) is 1.85. The summed E-state index contributed by atoms with van der Waals surface area (Å²) in [5.41, 5.74) is 2.74. The quantitative estimate of drug-likeness (QED) is 0.231. The van der Waals surface area contributed by atoms with Crippen LogP contribution in [-0.2, 0) is 14.3 Å². The Morgan fingerprint density at radius 1 is 0.892 bits per heavy atom. The van der Waals surface area contributed by atoms with Crippen molar-refractivity contribution in [2.75, 3.05) is 18.5 Å². The summed E-state index contributed by atoms with van der Waals surface area (Å²) in [6, 6.07) is 20.7. The van der Waals surface area contributed by atoms with E-state index in [2.05, 4.69) is 10.3 Å². The van der Waals surface area contributed by atoms with Gasteiger partial charge in [-0.05, 0) is 67.1 Å². The lowest BCUT2D eigenvalue weighted by atomic mass is 10.0. The first-order valence-electron chi connectivity index (χ1n) is 11.8. The molecule has 0 saturated heterocycles. The van der Waals surface area contributed by atoms with E-state index in [0.717, 1.165) is 12.8 Å². The summed E-state index contributed by atoms with van der Waals surface area (Å²) >= 11 is 0. The van der Waals surface area contributed by atoms with E-state index in [0.29, 0.717) is 40.0 Å². The van der Waals surface area contributed by atoms with Crippen LogP contribution < -0.4 is 5.32 Å². The normalized spacial score (nSPS) is 10.6. The summed E-state index contributed by atoms with van der Waals surface area (Å²) < 4.78 is 23.8. The van der Waals surface area contributed by atoms with Crippen LogP contribution in [0.5, 0.6) is 0 Å². The third kappa shape index (κ3) is 6.55. The summed E-state index contributed by atoms with van der Waals surface area (Å²) in [7, 11) is 0. The van der Waals surface area contributed by atoms with Crippen LogP contribution in [0.15, 0.2) is 78.9 Å². The highest BCUT2D eigenvalue weighted by Crippen LogP contribution is 2.25. The van der Waals surface area contributed by atoms with Crippen molar-refractivity contribution in [3.63, 3.8) is 0 Å². The number of fused-ring (bicyclic) bond motifs is 1. The minimum atomic E-state index is -0.692. The molecule has 188 valence electrons. The predicted octanol–water partition coefficient (Wildman–Crippen LogP) is 5.79. The largest absolute Gasteiger partial charge is 0.462 e. The van der Waals surface area contributed by atoms with Crippen LogP contribution in [0.4, 0.5) is 10.1 Å². The Morgan fingerprint density at radius 3 is 2.35 bits per heavy atom. The molecule has 0 spiro atoms. The molecule has 4 aromatic rings.